The Hall–Kier alpha value is -1.86. The third-order valence-electron chi connectivity index (χ3n) is 2.31. The number of nitriles is 1. The summed E-state index contributed by atoms with van der Waals surface area (Å²) < 4.78 is 4.62. The molecule has 1 aromatic rings. The molecule has 16 heavy (non-hydrogen) atoms. The summed E-state index contributed by atoms with van der Waals surface area (Å²) in [6, 6.07) is 8.99. The average molecular weight is 218 g/mol. The largest absolute Gasteiger partial charge is 0.468 e. The van der Waals surface area contributed by atoms with Gasteiger partial charge in [-0.15, -0.1) is 0 Å². The van der Waals surface area contributed by atoms with Gasteiger partial charge in [-0.25, -0.2) is 0 Å². The molecule has 0 radical (unpaired) electrons. The van der Waals surface area contributed by atoms with Crippen molar-refractivity contribution in [2.45, 2.75) is 18.9 Å². The van der Waals surface area contributed by atoms with E-state index in [1.165, 1.54) is 7.11 Å². The Labute approximate surface area is 94.6 Å². The molecule has 0 bridgehead atoms. The molecule has 0 saturated carbocycles. The fraction of sp³-hybridized carbons (Fsp3) is 0.333. The van der Waals surface area contributed by atoms with Crippen molar-refractivity contribution in [3.63, 3.8) is 0 Å². The van der Waals surface area contributed by atoms with Gasteiger partial charge in [0.15, 0.2) is 0 Å². The van der Waals surface area contributed by atoms with Crippen LogP contribution in [0, 0.1) is 11.3 Å². The van der Waals surface area contributed by atoms with Crippen molar-refractivity contribution in [3.8, 4) is 6.07 Å². The van der Waals surface area contributed by atoms with Gasteiger partial charge in [0.25, 0.3) is 0 Å². The standard InChI is InChI=1S/C12H14N2O2/c1-12(14,11(15)16-2)7-9-3-5-10(8-13)6-4-9/h3-6H,7,14H2,1-2H3/t12-/m0/s1. The molecule has 0 aliphatic carbocycles. The second kappa shape index (κ2) is 4.77. The highest BCUT2D eigenvalue weighted by Crippen LogP contribution is 2.13. The fourth-order valence-electron chi connectivity index (χ4n) is 1.43. The lowest BCUT2D eigenvalue weighted by atomic mass is 9.94. The van der Waals surface area contributed by atoms with E-state index in [1.54, 1.807) is 31.2 Å². The molecular formula is C12H14N2O2. The lowest BCUT2D eigenvalue weighted by Crippen LogP contribution is -2.47. The monoisotopic (exact) mass is 218 g/mol. The van der Waals surface area contributed by atoms with Crippen LogP contribution in [0.1, 0.15) is 18.1 Å². The molecule has 0 saturated heterocycles. The Kier molecular flexibility index (Phi) is 3.64. The zero-order chi connectivity index (χ0) is 12.2. The van der Waals surface area contributed by atoms with Gasteiger partial charge in [-0.1, -0.05) is 12.1 Å². The van der Waals surface area contributed by atoms with E-state index in [0.29, 0.717) is 12.0 Å². The van der Waals surface area contributed by atoms with Gasteiger partial charge in [0, 0.05) is 6.42 Å². The molecule has 0 fully saturated rings. The van der Waals surface area contributed by atoms with Gasteiger partial charge in [0.2, 0.25) is 0 Å². The number of benzene rings is 1. The Morgan fingerprint density at radius 3 is 2.50 bits per heavy atom. The highest BCUT2D eigenvalue weighted by molar-refractivity contribution is 5.80. The van der Waals surface area contributed by atoms with Crippen molar-refractivity contribution < 1.29 is 9.53 Å². The van der Waals surface area contributed by atoms with Gasteiger partial charge in [0.1, 0.15) is 5.54 Å². The SMILES string of the molecule is COC(=O)[C@@](C)(N)Cc1ccc(C#N)cc1. The topological polar surface area (TPSA) is 76.1 Å². The van der Waals surface area contributed by atoms with Gasteiger partial charge in [-0.2, -0.15) is 5.26 Å². The second-order valence-corrected chi connectivity index (χ2v) is 3.89. The van der Waals surface area contributed by atoms with Crippen LogP contribution < -0.4 is 5.73 Å². The molecule has 84 valence electrons. The first-order valence-electron chi connectivity index (χ1n) is 4.86. The third kappa shape index (κ3) is 2.81. The number of nitrogens with zero attached hydrogens (tertiary/aromatic N) is 1. The maximum atomic E-state index is 11.4. The predicted octanol–water partition coefficient (Wildman–Crippen LogP) is 0.991. The molecule has 4 nitrogen and oxygen atoms in total. The van der Waals surface area contributed by atoms with Crippen molar-refractivity contribution in [3.05, 3.63) is 35.4 Å². The fourth-order valence-corrected chi connectivity index (χ4v) is 1.43. The Balaban J connectivity index is 2.81. The maximum Gasteiger partial charge on any atom is 0.325 e. The second-order valence-electron chi connectivity index (χ2n) is 3.89. The number of rotatable bonds is 3. The summed E-state index contributed by atoms with van der Waals surface area (Å²) in [6.45, 7) is 1.62. The molecule has 1 atom stereocenters. The van der Waals surface area contributed by atoms with Crippen LogP contribution in [0.25, 0.3) is 0 Å². The van der Waals surface area contributed by atoms with Gasteiger partial charge in [-0.05, 0) is 24.6 Å². The van der Waals surface area contributed by atoms with Gasteiger partial charge in [0.05, 0.1) is 18.7 Å². The van der Waals surface area contributed by atoms with Crippen LogP contribution in [0.4, 0.5) is 0 Å². The lowest BCUT2D eigenvalue weighted by molar-refractivity contribution is -0.146. The van der Waals surface area contributed by atoms with E-state index in [9.17, 15) is 4.79 Å². The van der Waals surface area contributed by atoms with E-state index in [4.69, 9.17) is 11.0 Å². The molecule has 1 aromatic carbocycles. The smallest absolute Gasteiger partial charge is 0.325 e. The van der Waals surface area contributed by atoms with Crippen molar-refractivity contribution >= 4 is 5.97 Å². The minimum Gasteiger partial charge on any atom is -0.468 e. The van der Waals surface area contributed by atoms with E-state index in [1.807, 2.05) is 6.07 Å². The number of methoxy groups -OCH3 is 1. The third-order valence-corrected chi connectivity index (χ3v) is 2.31. The predicted molar refractivity (Wildman–Crippen MR) is 59.5 cm³/mol. The van der Waals surface area contributed by atoms with Crippen LogP contribution in [0.3, 0.4) is 0 Å². The molecular weight excluding hydrogens is 204 g/mol. The van der Waals surface area contributed by atoms with Crippen molar-refractivity contribution in [2.75, 3.05) is 7.11 Å². The van der Waals surface area contributed by atoms with Gasteiger partial charge in [-0.3, -0.25) is 4.79 Å². The summed E-state index contributed by atoms with van der Waals surface area (Å²) in [7, 11) is 1.31. The molecule has 0 heterocycles. The quantitative estimate of drug-likeness (QED) is 0.767. The molecule has 4 heteroatoms. The van der Waals surface area contributed by atoms with Gasteiger partial charge < -0.3 is 10.5 Å². The zero-order valence-corrected chi connectivity index (χ0v) is 9.36. The van der Waals surface area contributed by atoms with Crippen molar-refractivity contribution in [1.82, 2.24) is 0 Å². The first-order valence-corrected chi connectivity index (χ1v) is 4.86. The van der Waals surface area contributed by atoms with Gasteiger partial charge >= 0.3 is 5.97 Å². The molecule has 0 aliphatic heterocycles. The van der Waals surface area contributed by atoms with Crippen LogP contribution in [0.2, 0.25) is 0 Å². The first kappa shape index (κ1) is 12.2. The highest BCUT2D eigenvalue weighted by Gasteiger charge is 2.29. The lowest BCUT2D eigenvalue weighted by Gasteiger charge is -2.21. The summed E-state index contributed by atoms with van der Waals surface area (Å²) in [5, 5.41) is 8.64. The number of hydrogen-bond donors (Lipinski definition) is 1. The van der Waals surface area contributed by atoms with E-state index in [-0.39, 0.29) is 0 Å². The Morgan fingerprint density at radius 1 is 1.50 bits per heavy atom. The number of hydrogen-bond acceptors (Lipinski definition) is 4. The number of carbonyl (C=O) groups excluding carboxylic acids is 1. The molecule has 0 aromatic heterocycles. The number of ether oxygens (including phenoxy) is 1. The van der Waals surface area contributed by atoms with E-state index in [0.717, 1.165) is 5.56 Å². The Bertz CT molecular complexity index is 416. The van der Waals surface area contributed by atoms with E-state index >= 15 is 0 Å². The summed E-state index contributed by atoms with van der Waals surface area (Å²) in [5.41, 5.74) is 6.28. The summed E-state index contributed by atoms with van der Waals surface area (Å²) in [4.78, 5) is 11.4. The first-order chi connectivity index (χ1) is 7.49. The van der Waals surface area contributed by atoms with Crippen molar-refractivity contribution in [2.24, 2.45) is 5.73 Å². The van der Waals surface area contributed by atoms with E-state index in [2.05, 4.69) is 4.74 Å². The minimum atomic E-state index is -1.04. The normalized spacial score (nSPS) is 13.6. The average Bonchev–Trinajstić information content (AvgIpc) is 2.28. The number of carbonyl (C=O) groups is 1. The van der Waals surface area contributed by atoms with Crippen LogP contribution >= 0.6 is 0 Å². The maximum absolute atomic E-state index is 11.4. The van der Waals surface area contributed by atoms with Crippen LogP contribution in [-0.2, 0) is 16.0 Å². The molecule has 2 N–H and O–H groups in total. The minimum absolute atomic E-state index is 0.380. The molecule has 0 unspecified atom stereocenters. The van der Waals surface area contributed by atoms with Crippen LogP contribution in [0.15, 0.2) is 24.3 Å². The summed E-state index contributed by atoms with van der Waals surface area (Å²) in [5.74, 6) is -0.447. The zero-order valence-electron chi connectivity index (χ0n) is 9.36. The van der Waals surface area contributed by atoms with Crippen LogP contribution in [-0.4, -0.2) is 18.6 Å². The van der Waals surface area contributed by atoms with E-state index < -0.39 is 11.5 Å². The summed E-state index contributed by atoms with van der Waals surface area (Å²) in [6.07, 6.45) is 0.380. The number of nitrogens with two attached hydrogens (primary N) is 1. The Morgan fingerprint density at radius 2 is 2.06 bits per heavy atom. The van der Waals surface area contributed by atoms with Crippen LogP contribution in [0.5, 0.6) is 0 Å². The van der Waals surface area contributed by atoms with Crippen molar-refractivity contribution in [1.29, 1.82) is 5.26 Å². The molecule has 0 aliphatic rings. The molecule has 0 spiro atoms. The highest BCUT2D eigenvalue weighted by atomic mass is 16.5. The number of esters is 1. The summed E-state index contributed by atoms with van der Waals surface area (Å²) >= 11 is 0. The molecule has 1 rings (SSSR count). The molecule has 0 amide bonds.